The van der Waals surface area contributed by atoms with Gasteiger partial charge in [0.1, 0.15) is 18.0 Å². The molecule has 2 N–H and O–H groups in total. The Balaban J connectivity index is 2.59. The van der Waals surface area contributed by atoms with E-state index in [2.05, 4.69) is 36.9 Å². The van der Waals surface area contributed by atoms with E-state index in [0.29, 0.717) is 20.3 Å². The van der Waals surface area contributed by atoms with Crippen molar-refractivity contribution in [2.75, 3.05) is 25.1 Å². The Morgan fingerprint density at radius 3 is 2.66 bits per heavy atom. The van der Waals surface area contributed by atoms with Gasteiger partial charge >= 0.3 is 5.97 Å². The largest absolute Gasteiger partial charge is 0.465 e. The molecule has 0 aliphatic heterocycles. The topological polar surface area (TPSA) is 85.0 Å². The Hall–Kier alpha value is -1.97. The zero-order valence-electron chi connectivity index (χ0n) is 15.5. The lowest BCUT2D eigenvalue weighted by molar-refractivity contribution is -0.141. The average molecular weight is 550 g/mol. The predicted molar refractivity (Wildman–Crippen MR) is 119 cm³/mol. The van der Waals surface area contributed by atoms with Gasteiger partial charge in [-0.05, 0) is 63.0 Å². The minimum absolute atomic E-state index is 0.00312. The van der Waals surface area contributed by atoms with Gasteiger partial charge in [-0.25, -0.2) is 9.38 Å². The molecule has 0 spiro atoms. The van der Waals surface area contributed by atoms with Gasteiger partial charge in [-0.1, -0.05) is 11.6 Å². The van der Waals surface area contributed by atoms with Crippen LogP contribution in [0.4, 0.5) is 15.8 Å². The number of ether oxygens (including phenoxy) is 1. The van der Waals surface area contributed by atoms with Crippen LogP contribution < -0.4 is 10.6 Å². The lowest BCUT2D eigenvalue weighted by Gasteiger charge is -2.22. The lowest BCUT2D eigenvalue weighted by Crippen LogP contribution is -2.27. The van der Waals surface area contributed by atoms with Crippen LogP contribution in [0.1, 0.15) is 22.8 Å². The van der Waals surface area contributed by atoms with Gasteiger partial charge in [-0.15, -0.1) is 0 Å². The van der Waals surface area contributed by atoms with E-state index in [1.165, 1.54) is 12.1 Å². The first-order chi connectivity index (χ1) is 13.7. The highest BCUT2D eigenvalue weighted by Crippen LogP contribution is 2.43. The molecule has 0 radical (unpaired) electrons. The third kappa shape index (κ3) is 5.34. The summed E-state index contributed by atoms with van der Waals surface area (Å²) in [6, 6.07) is 5.16. The summed E-state index contributed by atoms with van der Waals surface area (Å²) in [6.45, 7) is 1.94. The summed E-state index contributed by atoms with van der Waals surface area (Å²) >= 11 is 12.9. The fraction of sp³-hybridized carbons (Fsp3) is 0.211. The van der Waals surface area contributed by atoms with Crippen LogP contribution in [0.15, 0.2) is 38.2 Å². The number of likely N-dealkylation sites (N-methyl/N-ethyl adjacent to an activating group) is 1. The van der Waals surface area contributed by atoms with E-state index in [0.717, 1.165) is 12.4 Å². The second kappa shape index (κ2) is 10.2. The molecule has 0 saturated carbocycles. The maximum atomic E-state index is 13.7. The minimum atomic E-state index is -0.587. The number of nitrogens with two attached hydrogens (primary N) is 1. The number of rotatable bonds is 7. The number of hydrogen-bond acceptors (Lipinski definition) is 5. The normalized spacial score (nSPS) is 11.0. The van der Waals surface area contributed by atoms with Gasteiger partial charge in [0, 0.05) is 17.1 Å². The van der Waals surface area contributed by atoms with Crippen LogP contribution in [0.2, 0.25) is 5.02 Å². The van der Waals surface area contributed by atoms with Crippen molar-refractivity contribution in [2.45, 2.75) is 6.92 Å². The second-order valence-corrected chi connectivity index (χ2v) is 7.86. The molecule has 0 aliphatic carbocycles. The Morgan fingerprint density at radius 2 is 2.03 bits per heavy atom. The summed E-state index contributed by atoms with van der Waals surface area (Å²) in [4.78, 5) is 30.7. The van der Waals surface area contributed by atoms with E-state index in [4.69, 9.17) is 22.1 Å². The number of carbonyl (C=O) groups is 2. The van der Waals surface area contributed by atoms with Crippen LogP contribution in [0.5, 0.6) is 0 Å². The van der Waals surface area contributed by atoms with E-state index < -0.39 is 17.6 Å². The molecule has 0 amide bonds. The molecule has 29 heavy (non-hydrogen) atoms. The molecular weight excluding hydrogens is 532 g/mol. The maximum absolute atomic E-state index is 13.7. The van der Waals surface area contributed by atoms with Crippen molar-refractivity contribution in [3.63, 3.8) is 0 Å². The second-order valence-electron chi connectivity index (χ2n) is 5.81. The van der Waals surface area contributed by atoms with E-state index >= 15 is 0 Å². The van der Waals surface area contributed by atoms with Crippen LogP contribution in [0.3, 0.4) is 0 Å². The number of carbonyl (C=O) groups excluding carboxylic acids is 2. The standard InChI is InChI=1S/C19H17Br2ClFN3O3/c1-3-29-15(27)8-26(2)14-7-12(20)16(17(21)18(14)25-9-24)19(28)11-6-10(23)4-5-13(11)22/h4-7,9H,3,8H2,1-2H3,(H2,24,25). The van der Waals surface area contributed by atoms with E-state index in [1.807, 2.05) is 0 Å². The van der Waals surface area contributed by atoms with Crippen LogP contribution in [-0.2, 0) is 9.53 Å². The quantitative estimate of drug-likeness (QED) is 0.231. The van der Waals surface area contributed by atoms with Gasteiger partial charge in [0.25, 0.3) is 0 Å². The summed E-state index contributed by atoms with van der Waals surface area (Å²) in [6.07, 6.45) is 1.07. The molecule has 10 heteroatoms. The molecule has 2 aromatic carbocycles. The van der Waals surface area contributed by atoms with Gasteiger partial charge in [-0.3, -0.25) is 9.59 Å². The average Bonchev–Trinajstić information content (AvgIpc) is 2.65. The highest BCUT2D eigenvalue weighted by Gasteiger charge is 2.25. The van der Waals surface area contributed by atoms with Gasteiger partial charge < -0.3 is 15.4 Å². The molecule has 0 fully saturated rings. The summed E-state index contributed by atoms with van der Waals surface area (Å²) in [5, 5.41) is 0.114. The third-order valence-electron chi connectivity index (χ3n) is 3.86. The number of anilines is 1. The van der Waals surface area contributed by atoms with E-state index in [1.54, 1.807) is 24.9 Å². The van der Waals surface area contributed by atoms with Gasteiger partial charge in [0.05, 0.1) is 33.7 Å². The molecule has 0 aromatic heterocycles. The number of esters is 1. The molecule has 0 unspecified atom stereocenters. The van der Waals surface area contributed by atoms with Gasteiger partial charge in [-0.2, -0.15) is 0 Å². The van der Waals surface area contributed by atoms with Crippen molar-refractivity contribution in [3.8, 4) is 0 Å². The zero-order chi connectivity index (χ0) is 21.7. The zero-order valence-corrected chi connectivity index (χ0v) is 19.4. The highest BCUT2D eigenvalue weighted by molar-refractivity contribution is 9.11. The third-order valence-corrected chi connectivity index (χ3v) is 5.59. The smallest absolute Gasteiger partial charge is 0.325 e. The van der Waals surface area contributed by atoms with Crippen LogP contribution in [0, 0.1) is 5.82 Å². The Labute approximate surface area is 189 Å². The van der Waals surface area contributed by atoms with Crippen molar-refractivity contribution in [1.82, 2.24) is 0 Å². The van der Waals surface area contributed by atoms with Crippen molar-refractivity contribution in [1.29, 1.82) is 0 Å². The van der Waals surface area contributed by atoms with Crippen molar-refractivity contribution in [3.05, 3.63) is 55.2 Å². The number of benzene rings is 2. The predicted octanol–water partition coefficient (Wildman–Crippen LogP) is 4.85. The van der Waals surface area contributed by atoms with E-state index in [9.17, 15) is 14.0 Å². The molecule has 0 bridgehead atoms. The number of nitrogens with zero attached hydrogens (tertiary/aromatic N) is 2. The first-order valence-corrected chi connectivity index (χ1v) is 10.3. The van der Waals surface area contributed by atoms with Crippen molar-refractivity contribution >= 4 is 72.9 Å². The monoisotopic (exact) mass is 547 g/mol. The summed E-state index contributed by atoms with van der Waals surface area (Å²) in [5.41, 5.74) is 6.50. The summed E-state index contributed by atoms with van der Waals surface area (Å²) < 4.78 is 19.3. The van der Waals surface area contributed by atoms with Crippen LogP contribution in [0.25, 0.3) is 0 Å². The molecule has 2 rings (SSSR count). The molecule has 2 aromatic rings. The first-order valence-electron chi connectivity index (χ1n) is 8.34. The Kier molecular flexibility index (Phi) is 8.18. The highest BCUT2D eigenvalue weighted by atomic mass is 79.9. The maximum Gasteiger partial charge on any atom is 0.325 e. The lowest BCUT2D eigenvalue weighted by atomic mass is 10.0. The molecule has 0 atom stereocenters. The molecule has 154 valence electrons. The number of halogens is 4. The molecule has 0 saturated heterocycles. The van der Waals surface area contributed by atoms with E-state index in [-0.39, 0.29) is 29.3 Å². The van der Waals surface area contributed by atoms with Crippen molar-refractivity contribution in [2.24, 2.45) is 10.7 Å². The Bertz CT molecular complexity index is 986. The fourth-order valence-electron chi connectivity index (χ4n) is 2.58. The first kappa shape index (κ1) is 23.3. The fourth-order valence-corrected chi connectivity index (χ4v) is 4.35. The molecule has 0 heterocycles. The SMILES string of the molecule is CCOC(=O)CN(C)c1cc(Br)c(C(=O)c2cc(F)ccc2Cl)c(Br)c1N=CN. The molecule has 6 nitrogen and oxygen atoms in total. The molecular formula is C19H17Br2ClFN3O3. The van der Waals surface area contributed by atoms with Gasteiger partial charge in [0.2, 0.25) is 0 Å². The Morgan fingerprint density at radius 1 is 1.34 bits per heavy atom. The summed E-state index contributed by atoms with van der Waals surface area (Å²) in [7, 11) is 1.67. The minimum Gasteiger partial charge on any atom is -0.465 e. The summed E-state index contributed by atoms with van der Waals surface area (Å²) in [5.74, 6) is -1.52. The van der Waals surface area contributed by atoms with Gasteiger partial charge in [0.15, 0.2) is 5.78 Å². The molecule has 0 aliphatic rings. The van der Waals surface area contributed by atoms with Crippen molar-refractivity contribution < 1.29 is 18.7 Å². The van der Waals surface area contributed by atoms with Crippen LogP contribution in [-0.4, -0.2) is 38.3 Å². The number of ketones is 1. The number of aliphatic imine (C=N–C) groups is 1. The van der Waals surface area contributed by atoms with Crippen LogP contribution >= 0.6 is 43.5 Å². The number of hydrogen-bond donors (Lipinski definition) is 1.